The van der Waals surface area contributed by atoms with E-state index in [2.05, 4.69) is 20.8 Å². The molecule has 146 valence electrons. The number of carbonyl (C=O) groups excluding carboxylic acids is 1. The lowest BCUT2D eigenvalue weighted by Gasteiger charge is -2.25. The summed E-state index contributed by atoms with van der Waals surface area (Å²) < 4.78 is 11.3. The molecule has 1 spiro atoms. The summed E-state index contributed by atoms with van der Waals surface area (Å²) in [4.78, 5) is 19.8. The third-order valence-corrected chi connectivity index (χ3v) is 6.05. The van der Waals surface area contributed by atoms with Gasteiger partial charge in [0.2, 0.25) is 17.6 Å². The van der Waals surface area contributed by atoms with Crippen molar-refractivity contribution in [3.63, 3.8) is 0 Å². The van der Waals surface area contributed by atoms with Gasteiger partial charge in [0, 0.05) is 55.5 Å². The number of rotatable bonds is 1. The first-order chi connectivity index (χ1) is 14.1. The standard InChI is InChI=1S/C21H19N5O3/c1-11-24-19(25-29-11)12-4-3-5-16-18(12)21(20(27)26(16)2)10-28-17-9-15-14(8-13(17)21)22-6-7-23-15/h3-5,8-9,22-23H,6-7,10H2,1-2H3. The fraction of sp³-hybridized carbons (Fsp3) is 0.286. The highest BCUT2D eigenvalue weighted by Crippen LogP contribution is 2.55. The van der Waals surface area contributed by atoms with E-state index >= 15 is 0 Å². The third kappa shape index (κ3) is 2.00. The first-order valence-corrected chi connectivity index (χ1v) is 9.61. The van der Waals surface area contributed by atoms with Gasteiger partial charge in [-0.15, -0.1) is 0 Å². The number of likely N-dealkylation sites (N-methyl/N-ethyl adjacent to an activating group) is 1. The van der Waals surface area contributed by atoms with E-state index in [0.29, 0.717) is 11.7 Å². The molecule has 0 bridgehead atoms. The Morgan fingerprint density at radius 2 is 1.97 bits per heavy atom. The fourth-order valence-electron chi connectivity index (χ4n) is 4.73. The van der Waals surface area contributed by atoms with Gasteiger partial charge >= 0.3 is 0 Å². The zero-order chi connectivity index (χ0) is 19.8. The van der Waals surface area contributed by atoms with Crippen molar-refractivity contribution < 1.29 is 14.1 Å². The summed E-state index contributed by atoms with van der Waals surface area (Å²) in [6.07, 6.45) is 0. The predicted octanol–water partition coefficient (Wildman–Crippen LogP) is 2.54. The highest BCUT2D eigenvalue weighted by atomic mass is 16.5. The number of aromatic nitrogens is 2. The quantitative estimate of drug-likeness (QED) is 0.661. The SMILES string of the molecule is Cc1nc(-c2cccc3c2C2(COc4cc5c(cc42)NCCN5)C(=O)N3C)no1. The molecule has 0 saturated heterocycles. The average molecular weight is 389 g/mol. The Hall–Kier alpha value is -3.55. The molecule has 3 aliphatic heterocycles. The number of hydrogen-bond donors (Lipinski definition) is 2. The molecule has 0 radical (unpaired) electrons. The number of aryl methyl sites for hydroxylation is 1. The van der Waals surface area contributed by atoms with Crippen LogP contribution in [0.4, 0.5) is 17.1 Å². The van der Waals surface area contributed by atoms with Crippen LogP contribution in [0.2, 0.25) is 0 Å². The smallest absolute Gasteiger partial charge is 0.245 e. The molecular weight excluding hydrogens is 370 g/mol. The summed E-state index contributed by atoms with van der Waals surface area (Å²) in [6.45, 7) is 3.68. The molecule has 3 aromatic rings. The topological polar surface area (TPSA) is 92.5 Å². The molecule has 3 aliphatic rings. The predicted molar refractivity (Wildman–Crippen MR) is 108 cm³/mol. The second-order valence-electron chi connectivity index (χ2n) is 7.64. The van der Waals surface area contributed by atoms with Gasteiger partial charge in [-0.3, -0.25) is 4.79 Å². The van der Waals surface area contributed by atoms with Crippen molar-refractivity contribution >= 4 is 23.0 Å². The van der Waals surface area contributed by atoms with Crippen molar-refractivity contribution in [3.8, 4) is 17.1 Å². The first kappa shape index (κ1) is 16.4. The van der Waals surface area contributed by atoms with E-state index in [-0.39, 0.29) is 12.5 Å². The van der Waals surface area contributed by atoms with Crippen LogP contribution in [-0.4, -0.2) is 42.8 Å². The van der Waals surface area contributed by atoms with Crippen LogP contribution in [0.5, 0.6) is 5.75 Å². The van der Waals surface area contributed by atoms with Gasteiger partial charge in [0.05, 0.1) is 11.4 Å². The molecule has 1 atom stereocenters. The lowest BCUT2D eigenvalue weighted by Crippen LogP contribution is -2.41. The summed E-state index contributed by atoms with van der Waals surface area (Å²) in [5.74, 6) is 1.68. The van der Waals surface area contributed by atoms with Gasteiger partial charge in [0.1, 0.15) is 17.8 Å². The van der Waals surface area contributed by atoms with E-state index in [1.165, 1.54) is 0 Å². The number of hydrogen-bond acceptors (Lipinski definition) is 7. The van der Waals surface area contributed by atoms with Crippen LogP contribution in [0.1, 0.15) is 17.0 Å². The number of ether oxygens (including phenoxy) is 1. The third-order valence-electron chi connectivity index (χ3n) is 6.05. The lowest BCUT2D eigenvalue weighted by molar-refractivity contribution is -0.121. The van der Waals surface area contributed by atoms with Crippen LogP contribution in [-0.2, 0) is 10.2 Å². The number of anilines is 3. The van der Waals surface area contributed by atoms with Crippen LogP contribution in [0.3, 0.4) is 0 Å². The van der Waals surface area contributed by atoms with Crippen LogP contribution in [0, 0.1) is 6.92 Å². The lowest BCUT2D eigenvalue weighted by atomic mass is 9.74. The zero-order valence-corrected chi connectivity index (χ0v) is 16.1. The van der Waals surface area contributed by atoms with Crippen LogP contribution in [0.15, 0.2) is 34.9 Å². The van der Waals surface area contributed by atoms with Crippen molar-refractivity contribution in [2.24, 2.45) is 0 Å². The summed E-state index contributed by atoms with van der Waals surface area (Å²) in [5, 5.41) is 10.9. The number of amides is 1. The molecule has 2 aromatic carbocycles. The van der Waals surface area contributed by atoms with Crippen molar-refractivity contribution in [2.45, 2.75) is 12.3 Å². The second-order valence-corrected chi connectivity index (χ2v) is 7.64. The molecule has 1 amide bonds. The molecule has 4 heterocycles. The number of nitrogens with one attached hydrogen (secondary N) is 2. The minimum absolute atomic E-state index is 0.0114. The van der Waals surface area contributed by atoms with Gasteiger partial charge in [-0.1, -0.05) is 17.3 Å². The molecule has 2 N–H and O–H groups in total. The molecular formula is C21H19N5O3. The maximum atomic E-state index is 13.7. The fourth-order valence-corrected chi connectivity index (χ4v) is 4.73. The maximum Gasteiger partial charge on any atom is 0.245 e. The molecule has 6 rings (SSSR count). The molecule has 8 heteroatoms. The maximum absolute atomic E-state index is 13.7. The molecule has 1 aromatic heterocycles. The Morgan fingerprint density at radius 3 is 2.72 bits per heavy atom. The number of nitrogens with zero attached hydrogens (tertiary/aromatic N) is 3. The minimum Gasteiger partial charge on any atom is -0.491 e. The summed E-state index contributed by atoms with van der Waals surface area (Å²) in [7, 11) is 1.80. The van der Waals surface area contributed by atoms with E-state index in [9.17, 15) is 4.79 Å². The van der Waals surface area contributed by atoms with Crippen molar-refractivity contribution in [2.75, 3.05) is 42.3 Å². The zero-order valence-electron chi connectivity index (χ0n) is 16.1. The summed E-state index contributed by atoms with van der Waals surface area (Å²) >= 11 is 0. The molecule has 29 heavy (non-hydrogen) atoms. The van der Waals surface area contributed by atoms with Gasteiger partial charge < -0.3 is 24.8 Å². The number of fused-ring (bicyclic) bond motifs is 5. The van der Waals surface area contributed by atoms with Crippen molar-refractivity contribution in [3.05, 3.63) is 47.3 Å². The van der Waals surface area contributed by atoms with Gasteiger partial charge in [0.25, 0.3) is 0 Å². The Labute approximate surface area is 166 Å². The van der Waals surface area contributed by atoms with E-state index in [4.69, 9.17) is 9.26 Å². The highest BCUT2D eigenvalue weighted by molar-refractivity contribution is 6.13. The van der Waals surface area contributed by atoms with Crippen molar-refractivity contribution in [1.82, 2.24) is 10.1 Å². The van der Waals surface area contributed by atoms with Gasteiger partial charge in [-0.25, -0.2) is 0 Å². The van der Waals surface area contributed by atoms with Crippen LogP contribution >= 0.6 is 0 Å². The first-order valence-electron chi connectivity index (χ1n) is 9.61. The van der Waals surface area contributed by atoms with E-state index in [1.807, 2.05) is 30.3 Å². The van der Waals surface area contributed by atoms with Gasteiger partial charge in [0.15, 0.2) is 0 Å². The molecule has 8 nitrogen and oxygen atoms in total. The molecule has 0 aliphatic carbocycles. The van der Waals surface area contributed by atoms with Gasteiger partial charge in [-0.2, -0.15) is 4.98 Å². The van der Waals surface area contributed by atoms with Crippen LogP contribution < -0.4 is 20.3 Å². The Balaban J connectivity index is 1.64. The normalized spacial score (nSPS) is 21.3. The largest absolute Gasteiger partial charge is 0.491 e. The minimum atomic E-state index is -0.932. The number of carbonyl (C=O) groups is 1. The second kappa shape index (κ2) is 5.50. The Bertz CT molecular complexity index is 1190. The number of benzene rings is 2. The van der Waals surface area contributed by atoms with E-state index < -0.39 is 5.41 Å². The van der Waals surface area contributed by atoms with E-state index in [1.54, 1.807) is 18.9 Å². The monoisotopic (exact) mass is 389 g/mol. The van der Waals surface area contributed by atoms with Gasteiger partial charge in [-0.05, 0) is 12.1 Å². The molecule has 0 saturated carbocycles. The Kier molecular flexibility index (Phi) is 3.11. The molecule has 1 unspecified atom stereocenters. The summed E-state index contributed by atoms with van der Waals surface area (Å²) in [5.41, 5.74) is 4.42. The summed E-state index contributed by atoms with van der Waals surface area (Å²) in [6, 6.07) is 9.83. The van der Waals surface area contributed by atoms with Crippen LogP contribution in [0.25, 0.3) is 11.4 Å². The average Bonchev–Trinajstić information content (AvgIpc) is 3.39. The van der Waals surface area contributed by atoms with E-state index in [0.717, 1.165) is 52.6 Å². The highest BCUT2D eigenvalue weighted by Gasteiger charge is 2.57. The van der Waals surface area contributed by atoms with Crippen molar-refractivity contribution in [1.29, 1.82) is 0 Å². The Morgan fingerprint density at radius 1 is 1.17 bits per heavy atom. The molecule has 0 fully saturated rings.